The summed E-state index contributed by atoms with van der Waals surface area (Å²) in [5.41, 5.74) is 4.48. The molecule has 0 bridgehead atoms. The van der Waals surface area contributed by atoms with E-state index in [2.05, 4.69) is 5.32 Å². The molecule has 166 valence electrons. The SMILES string of the molecule is CCC(=O)Nc1ccc(N(C)C)c(CN(C[C@H]2CCCO2)C(=O)c2cccc(C)c2)c1. The second-order valence-electron chi connectivity index (χ2n) is 8.33. The van der Waals surface area contributed by atoms with Crippen molar-refractivity contribution in [3.8, 4) is 0 Å². The normalized spacial score (nSPS) is 15.5. The summed E-state index contributed by atoms with van der Waals surface area (Å²) in [6.07, 6.45) is 2.46. The van der Waals surface area contributed by atoms with Crippen molar-refractivity contribution in [2.24, 2.45) is 0 Å². The molecule has 1 aliphatic rings. The van der Waals surface area contributed by atoms with Crippen molar-refractivity contribution >= 4 is 23.2 Å². The van der Waals surface area contributed by atoms with Gasteiger partial charge in [-0.3, -0.25) is 9.59 Å². The number of ether oxygens (including phenoxy) is 1. The van der Waals surface area contributed by atoms with E-state index in [4.69, 9.17) is 4.74 Å². The first-order valence-electron chi connectivity index (χ1n) is 10.9. The molecule has 0 unspecified atom stereocenters. The van der Waals surface area contributed by atoms with Crippen LogP contribution in [0.3, 0.4) is 0 Å². The lowest BCUT2D eigenvalue weighted by Gasteiger charge is -2.28. The third-order valence-corrected chi connectivity index (χ3v) is 5.53. The number of amides is 2. The van der Waals surface area contributed by atoms with Gasteiger partial charge in [-0.15, -0.1) is 0 Å². The van der Waals surface area contributed by atoms with E-state index in [9.17, 15) is 9.59 Å². The molecular weight excluding hydrogens is 390 g/mol. The molecule has 2 aromatic carbocycles. The molecule has 2 amide bonds. The zero-order valence-corrected chi connectivity index (χ0v) is 19.0. The van der Waals surface area contributed by atoms with Gasteiger partial charge in [-0.1, -0.05) is 24.6 Å². The Morgan fingerprint density at radius 2 is 1.97 bits per heavy atom. The minimum absolute atomic E-state index is 0.00750. The van der Waals surface area contributed by atoms with E-state index in [1.807, 2.05) is 80.2 Å². The number of carbonyl (C=O) groups excluding carboxylic acids is 2. The van der Waals surface area contributed by atoms with Gasteiger partial charge in [0.25, 0.3) is 5.91 Å². The highest BCUT2D eigenvalue weighted by molar-refractivity contribution is 5.94. The van der Waals surface area contributed by atoms with Crippen molar-refractivity contribution < 1.29 is 14.3 Å². The molecule has 0 saturated carbocycles. The van der Waals surface area contributed by atoms with Crippen molar-refractivity contribution in [3.63, 3.8) is 0 Å². The number of aryl methyl sites for hydroxylation is 1. The maximum atomic E-state index is 13.5. The number of anilines is 2. The van der Waals surface area contributed by atoms with E-state index in [1.165, 1.54) is 0 Å². The van der Waals surface area contributed by atoms with Crippen molar-refractivity contribution in [1.29, 1.82) is 0 Å². The Kier molecular flexibility index (Phi) is 7.69. The molecule has 1 atom stereocenters. The van der Waals surface area contributed by atoms with E-state index in [0.29, 0.717) is 25.1 Å². The molecule has 0 radical (unpaired) electrons. The fourth-order valence-electron chi connectivity index (χ4n) is 3.90. The fourth-order valence-corrected chi connectivity index (χ4v) is 3.90. The standard InChI is InChI=1S/C25H33N3O3/c1-5-24(29)26-21-11-12-23(27(3)4)20(15-21)16-28(17-22-10-7-13-31-22)25(30)19-9-6-8-18(2)14-19/h6,8-9,11-12,14-15,22H,5,7,10,13,16-17H2,1-4H3,(H,26,29)/t22-/m1/s1. The molecule has 1 heterocycles. The molecule has 0 aromatic heterocycles. The topological polar surface area (TPSA) is 61.9 Å². The Bertz CT molecular complexity index is 920. The Hall–Kier alpha value is -2.86. The average molecular weight is 424 g/mol. The lowest BCUT2D eigenvalue weighted by molar-refractivity contribution is -0.115. The third-order valence-electron chi connectivity index (χ3n) is 5.53. The molecule has 1 N–H and O–H groups in total. The van der Waals surface area contributed by atoms with Gasteiger partial charge in [0.1, 0.15) is 0 Å². The molecule has 0 spiro atoms. The quantitative estimate of drug-likeness (QED) is 0.690. The summed E-state index contributed by atoms with van der Waals surface area (Å²) in [4.78, 5) is 29.3. The monoisotopic (exact) mass is 423 g/mol. The highest BCUT2D eigenvalue weighted by atomic mass is 16.5. The summed E-state index contributed by atoms with van der Waals surface area (Å²) in [5.74, 6) is -0.0393. The van der Waals surface area contributed by atoms with Crippen LogP contribution in [0.5, 0.6) is 0 Å². The van der Waals surface area contributed by atoms with Crippen LogP contribution in [0, 0.1) is 6.92 Å². The van der Waals surface area contributed by atoms with E-state index < -0.39 is 0 Å². The largest absolute Gasteiger partial charge is 0.377 e. The lowest BCUT2D eigenvalue weighted by atomic mass is 10.1. The molecular formula is C25H33N3O3. The molecule has 1 fully saturated rings. The van der Waals surface area contributed by atoms with Crippen LogP contribution < -0.4 is 10.2 Å². The van der Waals surface area contributed by atoms with E-state index in [0.717, 1.165) is 42.0 Å². The molecule has 3 rings (SSSR count). The number of hydrogen-bond donors (Lipinski definition) is 1. The second kappa shape index (κ2) is 10.4. The molecule has 31 heavy (non-hydrogen) atoms. The first-order chi connectivity index (χ1) is 14.9. The van der Waals surface area contributed by atoms with Crippen LogP contribution >= 0.6 is 0 Å². The van der Waals surface area contributed by atoms with Crippen LogP contribution in [-0.2, 0) is 16.1 Å². The van der Waals surface area contributed by atoms with E-state index in [-0.39, 0.29) is 17.9 Å². The van der Waals surface area contributed by atoms with Crippen LogP contribution in [0.1, 0.15) is 47.7 Å². The third kappa shape index (κ3) is 6.07. The first-order valence-corrected chi connectivity index (χ1v) is 10.9. The first kappa shape index (κ1) is 22.8. The highest BCUT2D eigenvalue weighted by Gasteiger charge is 2.25. The predicted molar refractivity (Wildman–Crippen MR) is 125 cm³/mol. The highest BCUT2D eigenvalue weighted by Crippen LogP contribution is 2.26. The Balaban J connectivity index is 1.92. The predicted octanol–water partition coefficient (Wildman–Crippen LogP) is 4.23. The van der Waals surface area contributed by atoms with Crippen molar-refractivity contribution in [1.82, 2.24) is 4.90 Å². The van der Waals surface area contributed by atoms with Gasteiger partial charge in [0.15, 0.2) is 0 Å². The average Bonchev–Trinajstić information content (AvgIpc) is 3.25. The summed E-state index contributed by atoms with van der Waals surface area (Å²) >= 11 is 0. The van der Waals surface area contributed by atoms with Crippen LogP contribution in [0.4, 0.5) is 11.4 Å². The Morgan fingerprint density at radius 1 is 1.16 bits per heavy atom. The fraction of sp³-hybridized carbons (Fsp3) is 0.440. The van der Waals surface area contributed by atoms with Gasteiger partial charge in [-0.2, -0.15) is 0 Å². The van der Waals surface area contributed by atoms with Gasteiger partial charge in [0, 0.05) is 57.2 Å². The summed E-state index contributed by atoms with van der Waals surface area (Å²) in [5, 5.41) is 2.93. The number of hydrogen-bond acceptors (Lipinski definition) is 4. The van der Waals surface area contributed by atoms with Gasteiger partial charge in [-0.25, -0.2) is 0 Å². The van der Waals surface area contributed by atoms with Crippen molar-refractivity contribution in [2.45, 2.75) is 45.8 Å². The van der Waals surface area contributed by atoms with E-state index in [1.54, 1.807) is 0 Å². The summed E-state index contributed by atoms with van der Waals surface area (Å²) < 4.78 is 5.84. The van der Waals surface area contributed by atoms with Crippen LogP contribution in [0.15, 0.2) is 42.5 Å². The van der Waals surface area contributed by atoms with Gasteiger partial charge >= 0.3 is 0 Å². The lowest BCUT2D eigenvalue weighted by Crippen LogP contribution is -2.37. The number of benzene rings is 2. The van der Waals surface area contributed by atoms with Gasteiger partial charge < -0.3 is 19.9 Å². The van der Waals surface area contributed by atoms with Crippen LogP contribution in [0.25, 0.3) is 0 Å². The minimum Gasteiger partial charge on any atom is -0.377 e. The minimum atomic E-state index is -0.0319. The maximum absolute atomic E-state index is 13.5. The molecule has 2 aromatic rings. The van der Waals surface area contributed by atoms with Crippen molar-refractivity contribution in [2.75, 3.05) is 37.5 Å². The summed E-state index contributed by atoms with van der Waals surface area (Å²) in [7, 11) is 3.96. The molecule has 1 aliphatic heterocycles. The maximum Gasteiger partial charge on any atom is 0.254 e. The second-order valence-corrected chi connectivity index (χ2v) is 8.33. The van der Waals surface area contributed by atoms with Crippen LogP contribution in [-0.4, -0.2) is 50.1 Å². The van der Waals surface area contributed by atoms with Gasteiger partial charge in [0.05, 0.1) is 6.10 Å². The zero-order valence-electron chi connectivity index (χ0n) is 19.0. The zero-order chi connectivity index (χ0) is 22.4. The van der Waals surface area contributed by atoms with Crippen molar-refractivity contribution in [3.05, 3.63) is 59.2 Å². The molecule has 1 saturated heterocycles. The summed E-state index contributed by atoms with van der Waals surface area (Å²) in [6.45, 7) is 5.55. The Morgan fingerprint density at radius 3 is 2.61 bits per heavy atom. The summed E-state index contributed by atoms with van der Waals surface area (Å²) in [6, 6.07) is 13.6. The Labute approximate surface area is 185 Å². The number of nitrogens with one attached hydrogen (secondary N) is 1. The van der Waals surface area contributed by atoms with Crippen LogP contribution in [0.2, 0.25) is 0 Å². The van der Waals surface area contributed by atoms with Gasteiger partial charge in [0.2, 0.25) is 5.91 Å². The number of carbonyl (C=O) groups is 2. The molecule has 6 heteroatoms. The van der Waals surface area contributed by atoms with E-state index >= 15 is 0 Å². The number of nitrogens with zero attached hydrogens (tertiary/aromatic N) is 2. The smallest absolute Gasteiger partial charge is 0.254 e. The molecule has 6 nitrogen and oxygen atoms in total. The van der Waals surface area contributed by atoms with Gasteiger partial charge in [-0.05, 0) is 55.7 Å². The molecule has 0 aliphatic carbocycles. The number of rotatable bonds is 8.